The molecule has 1 aliphatic heterocycles. The van der Waals surface area contributed by atoms with Crippen LogP contribution in [-0.4, -0.2) is 50.2 Å². The van der Waals surface area contributed by atoms with Crippen LogP contribution in [0.1, 0.15) is 76.2 Å². The Labute approximate surface area is 265 Å². The second kappa shape index (κ2) is 13.6. The minimum absolute atomic E-state index is 0.140. The van der Waals surface area contributed by atoms with Gasteiger partial charge in [-0.2, -0.15) is 5.10 Å². The molecule has 0 spiro atoms. The molecule has 3 aromatic rings. The number of hydrogen-bond donors (Lipinski definition) is 2. The van der Waals surface area contributed by atoms with Crippen molar-refractivity contribution < 1.29 is 9.18 Å². The van der Waals surface area contributed by atoms with E-state index in [-0.39, 0.29) is 29.1 Å². The monoisotopic (exact) mass is 620 g/mol. The van der Waals surface area contributed by atoms with Crippen molar-refractivity contribution >= 4 is 23.2 Å². The molecule has 6 rings (SSSR count). The summed E-state index contributed by atoms with van der Waals surface area (Å²) in [5, 5.41) is 8.71. The molecule has 3 aliphatic rings. The Morgan fingerprint density at radius 1 is 0.977 bits per heavy atom. The van der Waals surface area contributed by atoms with Gasteiger partial charge in [-0.05, 0) is 111 Å². The topological polar surface area (TPSA) is 89.1 Å². The fraction of sp³-hybridized carbons (Fsp3) is 0.571. The molecule has 0 radical (unpaired) electrons. The smallest absolute Gasteiger partial charge is 0.227 e. The van der Waals surface area contributed by atoms with Gasteiger partial charge in [0.1, 0.15) is 18.5 Å². The van der Waals surface area contributed by atoms with E-state index in [2.05, 4.69) is 20.3 Å². The molecule has 1 atom stereocenters. The Morgan fingerprint density at radius 3 is 2.30 bits per heavy atom. The number of hydrogen-bond acceptors (Lipinski definition) is 5. The first-order chi connectivity index (χ1) is 21.3. The van der Waals surface area contributed by atoms with E-state index in [9.17, 15) is 9.18 Å². The van der Waals surface area contributed by atoms with Crippen molar-refractivity contribution in [1.82, 2.24) is 19.7 Å². The molecule has 1 saturated heterocycles. The normalized spacial score (nSPS) is 25.0. The van der Waals surface area contributed by atoms with Crippen LogP contribution in [0.25, 0.3) is 0 Å². The van der Waals surface area contributed by atoms with E-state index in [1.54, 1.807) is 18.5 Å². The number of rotatable bonds is 9. The molecule has 3 fully saturated rings. The van der Waals surface area contributed by atoms with E-state index in [0.29, 0.717) is 17.4 Å². The van der Waals surface area contributed by atoms with Crippen LogP contribution >= 0.6 is 11.6 Å². The Bertz CT molecular complexity index is 1340. The Balaban J connectivity index is 1.17. The summed E-state index contributed by atoms with van der Waals surface area (Å²) in [5.41, 5.74) is 8.79. The summed E-state index contributed by atoms with van der Waals surface area (Å²) in [6.45, 7) is 2.38. The summed E-state index contributed by atoms with van der Waals surface area (Å²) in [5.74, 6) is 0.293. The summed E-state index contributed by atoms with van der Waals surface area (Å²) in [6.07, 6.45) is 15.7. The van der Waals surface area contributed by atoms with Gasteiger partial charge in [0, 0.05) is 41.9 Å². The number of amides is 1. The summed E-state index contributed by atoms with van der Waals surface area (Å²) >= 11 is 6.20. The van der Waals surface area contributed by atoms with Gasteiger partial charge in [-0.1, -0.05) is 43.0 Å². The van der Waals surface area contributed by atoms with Gasteiger partial charge in [-0.3, -0.25) is 9.48 Å². The number of piperidine rings is 1. The van der Waals surface area contributed by atoms with E-state index in [0.717, 1.165) is 69.4 Å². The Kier molecular flexibility index (Phi) is 9.57. The first kappa shape index (κ1) is 31.0. The van der Waals surface area contributed by atoms with E-state index in [4.69, 9.17) is 17.3 Å². The highest BCUT2D eigenvalue weighted by molar-refractivity contribution is 6.30. The maximum atomic E-state index is 14.5. The number of likely N-dealkylation sites (tertiary alicyclic amines) is 1. The molecule has 9 heteroatoms. The molecule has 7 nitrogen and oxygen atoms in total. The maximum Gasteiger partial charge on any atom is 0.227 e. The van der Waals surface area contributed by atoms with E-state index in [1.165, 1.54) is 44.2 Å². The van der Waals surface area contributed by atoms with Crippen molar-refractivity contribution in [1.29, 1.82) is 0 Å². The van der Waals surface area contributed by atoms with Crippen molar-refractivity contribution in [3.63, 3.8) is 0 Å². The molecule has 3 N–H and O–H groups in total. The molecule has 0 unspecified atom stereocenters. The molecular formula is C35H46ClFN6O. The van der Waals surface area contributed by atoms with Crippen LogP contribution in [0.5, 0.6) is 0 Å². The number of benzene rings is 2. The zero-order valence-electron chi connectivity index (χ0n) is 25.6. The summed E-state index contributed by atoms with van der Waals surface area (Å²) in [7, 11) is 0. The lowest BCUT2D eigenvalue weighted by atomic mass is 9.63. The van der Waals surface area contributed by atoms with Gasteiger partial charge in [-0.25, -0.2) is 9.37 Å². The minimum Gasteiger partial charge on any atom is -0.382 e. The minimum atomic E-state index is -0.601. The molecule has 2 aromatic carbocycles. The fourth-order valence-electron chi connectivity index (χ4n) is 8.26. The third-order valence-electron chi connectivity index (χ3n) is 11.0. The zero-order valence-corrected chi connectivity index (χ0v) is 26.4. The maximum absolute atomic E-state index is 14.5. The lowest BCUT2D eigenvalue weighted by Gasteiger charge is -2.50. The quantitative estimate of drug-likeness (QED) is 0.272. The van der Waals surface area contributed by atoms with Crippen molar-refractivity contribution in [2.24, 2.45) is 23.0 Å². The van der Waals surface area contributed by atoms with Crippen LogP contribution in [-0.2, 0) is 17.8 Å². The Hall–Kier alpha value is -2.97. The highest BCUT2D eigenvalue weighted by Gasteiger charge is 2.47. The van der Waals surface area contributed by atoms with Crippen LogP contribution in [0, 0.1) is 23.1 Å². The van der Waals surface area contributed by atoms with Crippen LogP contribution in [0.2, 0.25) is 5.02 Å². The highest BCUT2D eigenvalue weighted by Crippen LogP contribution is 2.47. The summed E-state index contributed by atoms with van der Waals surface area (Å²) in [4.78, 5) is 20.8. The summed E-state index contributed by atoms with van der Waals surface area (Å²) < 4.78 is 15.4. The molecule has 44 heavy (non-hydrogen) atoms. The molecule has 2 heterocycles. The lowest BCUT2D eigenvalue weighted by Crippen LogP contribution is -2.59. The third kappa shape index (κ3) is 7.12. The molecule has 2 aliphatic carbocycles. The number of nitrogens with zero attached hydrogens (tertiary/aromatic N) is 4. The number of nitrogens with one attached hydrogen (secondary N) is 1. The molecule has 2 saturated carbocycles. The predicted molar refractivity (Wildman–Crippen MR) is 173 cm³/mol. The van der Waals surface area contributed by atoms with Gasteiger partial charge < -0.3 is 16.0 Å². The molecule has 0 bridgehead atoms. The van der Waals surface area contributed by atoms with Crippen molar-refractivity contribution in [3.8, 4) is 0 Å². The van der Waals surface area contributed by atoms with Crippen LogP contribution < -0.4 is 11.1 Å². The van der Waals surface area contributed by atoms with Gasteiger partial charge in [0.2, 0.25) is 5.91 Å². The van der Waals surface area contributed by atoms with Gasteiger partial charge in [0.15, 0.2) is 0 Å². The number of carbonyl (C=O) groups excluding carboxylic acids is 1. The molecule has 1 aromatic heterocycles. The largest absolute Gasteiger partial charge is 0.382 e. The lowest BCUT2D eigenvalue weighted by molar-refractivity contribution is -0.142. The second-order valence-electron chi connectivity index (χ2n) is 13.7. The van der Waals surface area contributed by atoms with Crippen molar-refractivity contribution in [2.45, 2.75) is 95.2 Å². The second-order valence-corrected chi connectivity index (χ2v) is 14.1. The number of anilines is 1. The SMILES string of the molecule is N[C@]1([C@@H](Cc2ccc(Cl)cc2)C(=O)N2CCC(Cn3cncn3)(C3CCCCC3)CC2)CC[C@H](Nc2ccc(F)cc2)CC1. The van der Waals surface area contributed by atoms with E-state index >= 15 is 0 Å². The van der Waals surface area contributed by atoms with E-state index < -0.39 is 5.54 Å². The van der Waals surface area contributed by atoms with Gasteiger partial charge in [-0.15, -0.1) is 0 Å². The average Bonchev–Trinajstić information content (AvgIpc) is 3.56. The number of aromatic nitrogens is 3. The first-order valence-electron chi connectivity index (χ1n) is 16.5. The van der Waals surface area contributed by atoms with Crippen LogP contribution in [0.3, 0.4) is 0 Å². The van der Waals surface area contributed by atoms with Gasteiger partial charge in [0.05, 0.1) is 5.92 Å². The number of halogens is 2. The van der Waals surface area contributed by atoms with Crippen LogP contribution in [0.4, 0.5) is 10.1 Å². The molecule has 1 amide bonds. The standard InChI is InChI=1S/C35H46ClFN6O/c36-28-8-6-26(7-9-28)22-32(35(38)16-14-31(15-17-35)41-30-12-10-29(37)11-13-30)33(44)42-20-18-34(19-21-42,23-43-25-39-24-40-43)27-4-2-1-3-5-27/h6-13,24-25,27,31-32,41H,1-5,14-23,38H2/t31-,32-,35+/m0/s1. The fourth-order valence-corrected chi connectivity index (χ4v) is 8.39. The Morgan fingerprint density at radius 2 is 1.66 bits per heavy atom. The average molecular weight is 621 g/mol. The number of carbonyl (C=O) groups is 1. The molecule has 236 valence electrons. The highest BCUT2D eigenvalue weighted by atomic mass is 35.5. The first-order valence-corrected chi connectivity index (χ1v) is 16.9. The summed E-state index contributed by atoms with van der Waals surface area (Å²) in [6, 6.07) is 14.6. The third-order valence-corrected chi connectivity index (χ3v) is 11.2. The predicted octanol–water partition coefficient (Wildman–Crippen LogP) is 6.87. The van der Waals surface area contributed by atoms with Crippen molar-refractivity contribution in [2.75, 3.05) is 18.4 Å². The van der Waals surface area contributed by atoms with Crippen molar-refractivity contribution in [3.05, 3.63) is 77.6 Å². The van der Waals surface area contributed by atoms with Gasteiger partial charge >= 0.3 is 0 Å². The van der Waals surface area contributed by atoms with Gasteiger partial charge in [0.25, 0.3) is 0 Å². The zero-order chi connectivity index (χ0) is 30.6. The molecular weight excluding hydrogens is 575 g/mol. The van der Waals surface area contributed by atoms with E-state index in [1.807, 2.05) is 35.3 Å². The van der Waals surface area contributed by atoms with Crippen LogP contribution in [0.15, 0.2) is 61.2 Å². The number of nitrogens with two attached hydrogens (primary N) is 1.